The molecule has 0 aliphatic heterocycles. The van der Waals surface area contributed by atoms with E-state index in [0.29, 0.717) is 11.4 Å². The van der Waals surface area contributed by atoms with E-state index in [4.69, 9.17) is 11.1 Å². The summed E-state index contributed by atoms with van der Waals surface area (Å²) >= 11 is 0. The standard InChI is InChI=1S/C5H5N5/c6-1-4-2-8-3-9-5(4)10-7/h2-3H,7H2,(H,8,9,10). The van der Waals surface area contributed by atoms with Gasteiger partial charge in [-0.25, -0.2) is 15.8 Å². The van der Waals surface area contributed by atoms with Crippen molar-refractivity contribution in [1.29, 1.82) is 5.26 Å². The van der Waals surface area contributed by atoms with E-state index in [9.17, 15) is 0 Å². The number of nitrogen functional groups attached to an aromatic ring is 1. The molecule has 0 radical (unpaired) electrons. The second kappa shape index (κ2) is 2.75. The molecule has 0 saturated carbocycles. The summed E-state index contributed by atoms with van der Waals surface area (Å²) in [5.74, 6) is 5.38. The van der Waals surface area contributed by atoms with E-state index in [1.807, 2.05) is 6.07 Å². The van der Waals surface area contributed by atoms with Crippen molar-refractivity contribution in [1.82, 2.24) is 9.97 Å². The monoisotopic (exact) mass is 135 g/mol. The first-order valence-corrected chi connectivity index (χ1v) is 2.55. The summed E-state index contributed by atoms with van der Waals surface area (Å²) < 4.78 is 0. The number of hydrogen-bond acceptors (Lipinski definition) is 5. The normalized spacial score (nSPS) is 8.40. The molecule has 1 heterocycles. The van der Waals surface area contributed by atoms with Gasteiger partial charge < -0.3 is 5.43 Å². The smallest absolute Gasteiger partial charge is 0.161 e. The fraction of sp³-hybridized carbons (Fsp3) is 0. The van der Waals surface area contributed by atoms with Crippen LogP contribution >= 0.6 is 0 Å². The number of nitrogens with two attached hydrogens (primary N) is 1. The Morgan fingerprint density at radius 3 is 3.00 bits per heavy atom. The van der Waals surface area contributed by atoms with E-state index < -0.39 is 0 Å². The van der Waals surface area contributed by atoms with Crippen molar-refractivity contribution in [3.8, 4) is 6.07 Å². The predicted molar refractivity (Wildman–Crippen MR) is 34.6 cm³/mol. The summed E-state index contributed by atoms with van der Waals surface area (Å²) in [6.07, 6.45) is 2.71. The third-order valence-electron chi connectivity index (χ3n) is 0.969. The average Bonchev–Trinajstić information content (AvgIpc) is 2.04. The second-order valence-electron chi connectivity index (χ2n) is 1.54. The number of nitrogens with one attached hydrogen (secondary N) is 1. The highest BCUT2D eigenvalue weighted by Gasteiger charge is 1.97. The lowest BCUT2D eigenvalue weighted by Gasteiger charge is -1.96. The van der Waals surface area contributed by atoms with Crippen LogP contribution in [0.3, 0.4) is 0 Å². The Balaban J connectivity index is 3.12. The molecule has 0 bridgehead atoms. The van der Waals surface area contributed by atoms with E-state index in [0.717, 1.165) is 0 Å². The summed E-state index contributed by atoms with van der Waals surface area (Å²) in [6.45, 7) is 0. The Morgan fingerprint density at radius 2 is 2.50 bits per heavy atom. The van der Waals surface area contributed by atoms with Crippen molar-refractivity contribution < 1.29 is 0 Å². The van der Waals surface area contributed by atoms with E-state index in [1.54, 1.807) is 0 Å². The molecule has 0 atom stereocenters. The fourth-order valence-corrected chi connectivity index (χ4v) is 0.526. The van der Waals surface area contributed by atoms with Gasteiger partial charge >= 0.3 is 0 Å². The molecule has 1 aromatic heterocycles. The van der Waals surface area contributed by atoms with Gasteiger partial charge in [-0.15, -0.1) is 0 Å². The van der Waals surface area contributed by atoms with Gasteiger partial charge in [0.15, 0.2) is 5.82 Å². The minimum Gasteiger partial charge on any atom is -0.307 e. The van der Waals surface area contributed by atoms with Gasteiger partial charge in [0.05, 0.1) is 6.20 Å². The molecule has 0 spiro atoms. The third kappa shape index (κ3) is 1.01. The van der Waals surface area contributed by atoms with Crippen molar-refractivity contribution in [3.05, 3.63) is 18.1 Å². The summed E-state index contributed by atoms with van der Waals surface area (Å²) in [6, 6.07) is 1.88. The molecule has 5 heteroatoms. The highest BCUT2D eigenvalue weighted by molar-refractivity contribution is 5.48. The van der Waals surface area contributed by atoms with Gasteiger partial charge in [0.1, 0.15) is 18.0 Å². The number of anilines is 1. The number of hydrogen-bond donors (Lipinski definition) is 2. The van der Waals surface area contributed by atoms with Gasteiger partial charge in [0, 0.05) is 0 Å². The highest BCUT2D eigenvalue weighted by atomic mass is 15.3. The molecular formula is C5H5N5. The number of aromatic nitrogens is 2. The van der Waals surface area contributed by atoms with E-state index in [1.165, 1.54) is 12.5 Å². The molecule has 3 N–H and O–H groups in total. The SMILES string of the molecule is N#Cc1cncnc1NN. The van der Waals surface area contributed by atoms with Crippen molar-refractivity contribution >= 4 is 5.82 Å². The fourth-order valence-electron chi connectivity index (χ4n) is 0.526. The molecule has 0 aliphatic rings. The summed E-state index contributed by atoms with van der Waals surface area (Å²) in [5, 5.41) is 8.42. The van der Waals surface area contributed by atoms with Crippen molar-refractivity contribution in [3.63, 3.8) is 0 Å². The van der Waals surface area contributed by atoms with Gasteiger partial charge in [-0.2, -0.15) is 5.26 Å². The van der Waals surface area contributed by atoms with E-state index >= 15 is 0 Å². The predicted octanol–water partition coefficient (Wildman–Crippen LogP) is -0.366. The first kappa shape index (κ1) is 6.45. The van der Waals surface area contributed by atoms with Crippen LogP contribution in [-0.2, 0) is 0 Å². The maximum absolute atomic E-state index is 8.42. The van der Waals surface area contributed by atoms with Crippen LogP contribution in [0.5, 0.6) is 0 Å². The maximum Gasteiger partial charge on any atom is 0.161 e. The van der Waals surface area contributed by atoms with Crippen LogP contribution in [0.25, 0.3) is 0 Å². The lowest BCUT2D eigenvalue weighted by atomic mass is 10.3. The Kier molecular flexibility index (Phi) is 1.78. The molecule has 1 aromatic rings. The Hall–Kier alpha value is -1.67. The third-order valence-corrected chi connectivity index (χ3v) is 0.969. The lowest BCUT2D eigenvalue weighted by molar-refractivity contribution is 1.12. The Bertz CT molecular complexity index is 263. The van der Waals surface area contributed by atoms with Gasteiger partial charge in [0.25, 0.3) is 0 Å². The quantitative estimate of drug-likeness (QED) is 0.405. The Labute approximate surface area is 57.5 Å². The van der Waals surface area contributed by atoms with Crippen LogP contribution in [-0.4, -0.2) is 9.97 Å². The van der Waals surface area contributed by atoms with Crippen LogP contribution in [0.15, 0.2) is 12.5 Å². The summed E-state index contributed by atoms with van der Waals surface area (Å²) in [5.41, 5.74) is 2.61. The first-order chi connectivity index (χ1) is 4.88. The van der Waals surface area contributed by atoms with Crippen LogP contribution in [0.4, 0.5) is 5.82 Å². The van der Waals surface area contributed by atoms with Gasteiger partial charge in [-0.1, -0.05) is 0 Å². The zero-order valence-corrected chi connectivity index (χ0v) is 5.07. The molecule has 50 valence electrons. The topological polar surface area (TPSA) is 87.6 Å². The molecule has 10 heavy (non-hydrogen) atoms. The van der Waals surface area contributed by atoms with Gasteiger partial charge in [-0.05, 0) is 0 Å². The van der Waals surface area contributed by atoms with E-state index in [-0.39, 0.29) is 0 Å². The second-order valence-corrected chi connectivity index (χ2v) is 1.54. The maximum atomic E-state index is 8.42. The van der Waals surface area contributed by atoms with Crippen LogP contribution in [0.1, 0.15) is 5.56 Å². The van der Waals surface area contributed by atoms with Crippen molar-refractivity contribution in [2.75, 3.05) is 5.43 Å². The highest BCUT2D eigenvalue weighted by Crippen LogP contribution is 2.04. The zero-order chi connectivity index (χ0) is 7.40. The number of hydrazine groups is 1. The summed E-state index contributed by atoms with van der Waals surface area (Å²) in [7, 11) is 0. The minimum atomic E-state index is 0.338. The molecule has 0 saturated heterocycles. The molecule has 5 nitrogen and oxygen atoms in total. The number of nitriles is 1. The Morgan fingerprint density at radius 1 is 1.70 bits per heavy atom. The molecule has 0 aliphatic carbocycles. The van der Waals surface area contributed by atoms with Crippen LogP contribution in [0, 0.1) is 11.3 Å². The average molecular weight is 135 g/mol. The first-order valence-electron chi connectivity index (χ1n) is 2.55. The number of rotatable bonds is 1. The molecule has 0 unspecified atom stereocenters. The molecule has 0 fully saturated rings. The van der Waals surface area contributed by atoms with Gasteiger partial charge in [0.2, 0.25) is 0 Å². The zero-order valence-electron chi connectivity index (χ0n) is 5.07. The van der Waals surface area contributed by atoms with Crippen LogP contribution in [0.2, 0.25) is 0 Å². The molecular weight excluding hydrogens is 130 g/mol. The van der Waals surface area contributed by atoms with Gasteiger partial charge in [-0.3, -0.25) is 0 Å². The lowest BCUT2D eigenvalue weighted by Crippen LogP contribution is -2.10. The molecule has 0 aromatic carbocycles. The van der Waals surface area contributed by atoms with E-state index in [2.05, 4.69) is 15.4 Å². The molecule has 0 amide bonds. The van der Waals surface area contributed by atoms with Crippen molar-refractivity contribution in [2.24, 2.45) is 5.84 Å². The largest absolute Gasteiger partial charge is 0.307 e. The molecule has 1 rings (SSSR count). The minimum absolute atomic E-state index is 0.338. The van der Waals surface area contributed by atoms with Crippen molar-refractivity contribution in [2.45, 2.75) is 0 Å². The number of nitrogens with zero attached hydrogens (tertiary/aromatic N) is 3. The summed E-state index contributed by atoms with van der Waals surface area (Å²) in [4.78, 5) is 7.33. The van der Waals surface area contributed by atoms with Crippen LogP contribution < -0.4 is 11.3 Å².